The first kappa shape index (κ1) is 14.7. The summed E-state index contributed by atoms with van der Waals surface area (Å²) >= 11 is 1.64. The Morgan fingerprint density at radius 3 is 2.61 bits per heavy atom. The number of carboxylic acids is 1. The number of carbonyl (C=O) groups is 2. The lowest BCUT2D eigenvalue weighted by atomic mass is 10.2. The van der Waals surface area contributed by atoms with E-state index in [1.54, 1.807) is 23.3 Å². The van der Waals surface area contributed by atoms with Gasteiger partial charge in [-0.05, 0) is 26.0 Å². The molecule has 0 aliphatic heterocycles. The summed E-state index contributed by atoms with van der Waals surface area (Å²) in [6.07, 6.45) is 0. The molecular formula is C12H17NO4S. The van der Waals surface area contributed by atoms with E-state index in [-0.39, 0.29) is 18.6 Å². The van der Waals surface area contributed by atoms with Crippen LogP contribution in [-0.4, -0.2) is 42.1 Å². The summed E-state index contributed by atoms with van der Waals surface area (Å²) in [5.74, 6) is -1.30. The van der Waals surface area contributed by atoms with Crippen molar-refractivity contribution in [3.8, 4) is 0 Å². The first-order chi connectivity index (χ1) is 8.41. The van der Waals surface area contributed by atoms with Gasteiger partial charge in [0, 0.05) is 16.8 Å². The van der Waals surface area contributed by atoms with Crippen molar-refractivity contribution in [3.63, 3.8) is 0 Å². The molecule has 1 rings (SSSR count). The largest absolute Gasteiger partial charge is 0.480 e. The maximum absolute atomic E-state index is 11.8. The molecule has 1 aromatic rings. The van der Waals surface area contributed by atoms with Crippen molar-refractivity contribution in [2.24, 2.45) is 0 Å². The molecule has 0 saturated heterocycles. The van der Waals surface area contributed by atoms with Crippen LogP contribution in [0.15, 0.2) is 12.1 Å². The molecule has 0 fully saturated rings. The standard InChI is InChI=1S/C12H17NO4S/c1-8-4-5-10(18-8)9(2)13(3)11(14)6-17-7-12(15)16/h4-5,9H,6-7H2,1-3H3,(H,15,16). The zero-order valence-corrected chi connectivity index (χ0v) is 11.5. The Morgan fingerprint density at radius 1 is 1.44 bits per heavy atom. The van der Waals surface area contributed by atoms with Crippen LogP contribution in [0.25, 0.3) is 0 Å². The van der Waals surface area contributed by atoms with E-state index in [4.69, 9.17) is 9.84 Å². The summed E-state index contributed by atoms with van der Waals surface area (Å²) in [6, 6.07) is 3.96. The number of amides is 1. The summed E-state index contributed by atoms with van der Waals surface area (Å²) in [5.41, 5.74) is 0. The molecule has 1 heterocycles. The maximum Gasteiger partial charge on any atom is 0.329 e. The molecule has 0 bridgehead atoms. The molecule has 0 aliphatic carbocycles. The smallest absolute Gasteiger partial charge is 0.329 e. The average Bonchev–Trinajstić information content (AvgIpc) is 2.73. The molecule has 0 saturated carbocycles. The summed E-state index contributed by atoms with van der Waals surface area (Å²) in [4.78, 5) is 25.9. The number of hydrogen-bond acceptors (Lipinski definition) is 4. The van der Waals surface area contributed by atoms with Crippen LogP contribution in [0, 0.1) is 6.92 Å². The van der Waals surface area contributed by atoms with E-state index >= 15 is 0 Å². The van der Waals surface area contributed by atoms with Gasteiger partial charge in [0.05, 0.1) is 6.04 Å². The summed E-state index contributed by atoms with van der Waals surface area (Å²) < 4.78 is 4.78. The van der Waals surface area contributed by atoms with E-state index in [0.717, 1.165) is 4.88 Å². The van der Waals surface area contributed by atoms with Crippen LogP contribution in [-0.2, 0) is 14.3 Å². The van der Waals surface area contributed by atoms with Gasteiger partial charge in [-0.15, -0.1) is 11.3 Å². The molecule has 18 heavy (non-hydrogen) atoms. The van der Waals surface area contributed by atoms with E-state index in [1.807, 2.05) is 26.0 Å². The minimum Gasteiger partial charge on any atom is -0.480 e. The fourth-order valence-corrected chi connectivity index (χ4v) is 2.38. The molecule has 1 atom stereocenters. The third-order valence-corrected chi connectivity index (χ3v) is 3.77. The third-order valence-electron chi connectivity index (χ3n) is 2.60. The van der Waals surface area contributed by atoms with Crippen molar-refractivity contribution >= 4 is 23.2 Å². The Balaban J connectivity index is 2.50. The van der Waals surface area contributed by atoms with E-state index in [2.05, 4.69) is 0 Å². The molecule has 5 nitrogen and oxygen atoms in total. The Morgan fingerprint density at radius 2 is 2.11 bits per heavy atom. The quantitative estimate of drug-likeness (QED) is 0.854. The van der Waals surface area contributed by atoms with Gasteiger partial charge in [-0.2, -0.15) is 0 Å². The zero-order chi connectivity index (χ0) is 13.7. The van der Waals surface area contributed by atoms with Crippen LogP contribution in [0.2, 0.25) is 0 Å². The predicted octanol–water partition coefficient (Wildman–Crippen LogP) is 1.68. The number of carboxylic acid groups (broad SMARTS) is 1. The minimum atomic E-state index is -1.08. The zero-order valence-electron chi connectivity index (χ0n) is 10.7. The lowest BCUT2D eigenvalue weighted by Gasteiger charge is -2.23. The van der Waals surface area contributed by atoms with Gasteiger partial charge in [-0.1, -0.05) is 0 Å². The molecule has 1 aromatic heterocycles. The van der Waals surface area contributed by atoms with Gasteiger partial charge >= 0.3 is 5.97 Å². The fraction of sp³-hybridized carbons (Fsp3) is 0.500. The second kappa shape index (κ2) is 6.51. The van der Waals surface area contributed by atoms with Crippen molar-refractivity contribution in [2.75, 3.05) is 20.3 Å². The van der Waals surface area contributed by atoms with E-state index < -0.39 is 12.6 Å². The molecule has 1 amide bonds. The van der Waals surface area contributed by atoms with Crippen molar-refractivity contribution in [1.82, 2.24) is 4.90 Å². The van der Waals surface area contributed by atoms with Crippen molar-refractivity contribution in [3.05, 3.63) is 21.9 Å². The number of likely N-dealkylation sites (N-methyl/N-ethyl adjacent to an activating group) is 1. The van der Waals surface area contributed by atoms with Gasteiger partial charge < -0.3 is 14.7 Å². The van der Waals surface area contributed by atoms with Crippen LogP contribution in [0.5, 0.6) is 0 Å². The molecule has 0 radical (unpaired) electrons. The van der Waals surface area contributed by atoms with Crippen LogP contribution < -0.4 is 0 Å². The number of thiophene rings is 1. The van der Waals surface area contributed by atoms with E-state index in [0.29, 0.717) is 0 Å². The van der Waals surface area contributed by atoms with Crippen LogP contribution in [0.3, 0.4) is 0 Å². The summed E-state index contributed by atoms with van der Waals surface area (Å²) in [7, 11) is 1.69. The van der Waals surface area contributed by atoms with Gasteiger partial charge in [-0.3, -0.25) is 4.79 Å². The van der Waals surface area contributed by atoms with Crippen molar-refractivity contribution in [1.29, 1.82) is 0 Å². The van der Waals surface area contributed by atoms with Gasteiger partial charge in [-0.25, -0.2) is 4.79 Å². The first-order valence-corrected chi connectivity index (χ1v) is 6.35. The van der Waals surface area contributed by atoms with Crippen molar-refractivity contribution < 1.29 is 19.4 Å². The number of ether oxygens (including phenoxy) is 1. The minimum absolute atomic E-state index is 0.0374. The maximum atomic E-state index is 11.8. The normalized spacial score (nSPS) is 12.2. The van der Waals surface area contributed by atoms with Gasteiger partial charge in [0.25, 0.3) is 0 Å². The highest BCUT2D eigenvalue weighted by molar-refractivity contribution is 7.12. The highest BCUT2D eigenvalue weighted by Crippen LogP contribution is 2.26. The second-order valence-electron chi connectivity index (χ2n) is 4.02. The molecular weight excluding hydrogens is 254 g/mol. The Labute approximate surface area is 110 Å². The SMILES string of the molecule is Cc1ccc(C(C)N(C)C(=O)COCC(=O)O)s1. The van der Waals surface area contributed by atoms with Gasteiger partial charge in [0.2, 0.25) is 5.91 Å². The molecule has 0 aliphatic rings. The van der Waals surface area contributed by atoms with E-state index in [9.17, 15) is 9.59 Å². The monoisotopic (exact) mass is 271 g/mol. The molecule has 6 heteroatoms. The lowest BCUT2D eigenvalue weighted by Crippen LogP contribution is -2.33. The Hall–Kier alpha value is -1.40. The van der Waals surface area contributed by atoms with Gasteiger partial charge in [0.15, 0.2) is 0 Å². The molecule has 0 aromatic carbocycles. The fourth-order valence-electron chi connectivity index (χ4n) is 1.41. The third kappa shape index (κ3) is 4.12. The van der Waals surface area contributed by atoms with E-state index in [1.165, 1.54) is 4.88 Å². The van der Waals surface area contributed by atoms with Crippen LogP contribution in [0.1, 0.15) is 22.7 Å². The number of hydrogen-bond donors (Lipinski definition) is 1. The molecule has 100 valence electrons. The van der Waals surface area contributed by atoms with Crippen molar-refractivity contribution in [2.45, 2.75) is 19.9 Å². The lowest BCUT2D eigenvalue weighted by molar-refractivity contribution is -0.146. The molecule has 0 spiro atoms. The van der Waals surface area contributed by atoms with Crippen LogP contribution >= 0.6 is 11.3 Å². The first-order valence-electron chi connectivity index (χ1n) is 5.53. The molecule has 1 unspecified atom stereocenters. The summed E-state index contributed by atoms with van der Waals surface area (Å²) in [6.45, 7) is 3.28. The predicted molar refractivity (Wildman–Crippen MR) is 68.7 cm³/mol. The Kier molecular flexibility index (Phi) is 5.30. The topological polar surface area (TPSA) is 66.8 Å². The number of rotatable bonds is 6. The number of carbonyl (C=O) groups excluding carboxylic acids is 1. The highest BCUT2D eigenvalue weighted by atomic mass is 32.1. The van der Waals surface area contributed by atoms with Crippen LogP contribution in [0.4, 0.5) is 0 Å². The second-order valence-corrected chi connectivity index (χ2v) is 5.34. The number of nitrogens with zero attached hydrogens (tertiary/aromatic N) is 1. The Bertz CT molecular complexity index is 429. The summed E-state index contributed by atoms with van der Waals surface area (Å²) in [5, 5.41) is 8.41. The number of aryl methyl sites for hydroxylation is 1. The average molecular weight is 271 g/mol. The molecule has 1 N–H and O–H groups in total. The van der Waals surface area contributed by atoms with Gasteiger partial charge in [0.1, 0.15) is 13.2 Å². The highest BCUT2D eigenvalue weighted by Gasteiger charge is 2.18. The number of aliphatic carboxylic acids is 1.